The van der Waals surface area contributed by atoms with Crippen LogP contribution >= 0.6 is 0 Å². The third-order valence-electron chi connectivity index (χ3n) is 12.4. The summed E-state index contributed by atoms with van der Waals surface area (Å²) < 4.78 is 11.4. The molecule has 13 aromatic rings. The zero-order chi connectivity index (χ0) is 41.4. The number of furan rings is 1. The molecule has 0 saturated heterocycles. The van der Waals surface area contributed by atoms with E-state index in [1.165, 1.54) is 16.5 Å². The van der Waals surface area contributed by atoms with Crippen molar-refractivity contribution in [3.05, 3.63) is 212 Å². The molecule has 9 aromatic carbocycles. The van der Waals surface area contributed by atoms with Gasteiger partial charge in [0, 0.05) is 43.6 Å². The van der Waals surface area contributed by atoms with E-state index in [2.05, 4.69) is 197 Å². The topological polar surface area (TPSA) is 61.7 Å². The maximum absolute atomic E-state index is 6.80. The minimum Gasteiger partial charge on any atom is -0.455 e. The second kappa shape index (κ2) is 14.0. The predicted molar refractivity (Wildman–Crippen MR) is 258 cm³/mol. The molecule has 0 aliphatic carbocycles. The van der Waals surface area contributed by atoms with E-state index in [1.807, 2.05) is 24.3 Å². The number of fused-ring (bicyclic) bond motifs is 10. The Balaban J connectivity index is 1.10. The first-order valence-electron chi connectivity index (χ1n) is 21.2. The zero-order valence-electron chi connectivity index (χ0n) is 33.9. The molecule has 0 fully saturated rings. The standard InChI is InChI=1S/C57H35N5O/c1-4-15-36(16-5-1)38-27-30-41(31-28-38)61-49-25-12-10-21-42(49)45-33-34-46-43-22-11-13-26-50(43)62(53(46)52(45)61)57-59-55(39-19-8-3-9-20-39)58-56(60-57)48-24-14-23-47-44-32-29-40(35-51(44)63-54(47)48)37-17-6-2-7-18-37/h1-35H. The van der Waals surface area contributed by atoms with E-state index in [-0.39, 0.29) is 0 Å². The Hall–Kier alpha value is -8.61. The Kier molecular flexibility index (Phi) is 7.80. The number of hydrogen-bond acceptors (Lipinski definition) is 4. The molecule has 0 amide bonds. The summed E-state index contributed by atoms with van der Waals surface area (Å²) in [5.74, 6) is 1.63. The van der Waals surface area contributed by atoms with Crippen molar-refractivity contribution in [1.29, 1.82) is 0 Å². The molecule has 0 unspecified atom stereocenters. The SMILES string of the molecule is c1ccc(-c2ccc(-n3c4ccccc4c4ccc5c6ccccc6n(-c6nc(-c7ccccc7)nc(-c7cccc8c7oc7cc(-c9ccccc9)ccc78)n6)c5c43)cc2)cc1. The summed E-state index contributed by atoms with van der Waals surface area (Å²) in [4.78, 5) is 16.0. The van der Waals surface area contributed by atoms with Gasteiger partial charge in [-0.2, -0.15) is 9.97 Å². The maximum atomic E-state index is 6.80. The van der Waals surface area contributed by atoms with Crippen LogP contribution in [0.15, 0.2) is 217 Å². The van der Waals surface area contributed by atoms with Crippen LogP contribution in [-0.4, -0.2) is 24.1 Å². The lowest BCUT2D eigenvalue weighted by Crippen LogP contribution is -2.07. The van der Waals surface area contributed by atoms with Crippen LogP contribution in [0.1, 0.15) is 0 Å². The highest BCUT2D eigenvalue weighted by Crippen LogP contribution is 2.43. The molecule has 0 aliphatic rings. The zero-order valence-corrected chi connectivity index (χ0v) is 33.9. The first kappa shape index (κ1) is 35.2. The number of nitrogens with zero attached hydrogens (tertiary/aromatic N) is 5. The highest BCUT2D eigenvalue weighted by Gasteiger charge is 2.24. The van der Waals surface area contributed by atoms with Crippen molar-refractivity contribution in [1.82, 2.24) is 24.1 Å². The molecular formula is C57H35N5O. The minimum atomic E-state index is 0.522. The molecule has 6 heteroatoms. The smallest absolute Gasteiger partial charge is 0.238 e. The summed E-state index contributed by atoms with van der Waals surface area (Å²) in [5, 5.41) is 6.59. The maximum Gasteiger partial charge on any atom is 0.238 e. The molecule has 0 N–H and O–H groups in total. The summed E-state index contributed by atoms with van der Waals surface area (Å²) >= 11 is 0. The average Bonchev–Trinajstić information content (AvgIpc) is 4.02. The lowest BCUT2D eigenvalue weighted by molar-refractivity contribution is 0.669. The van der Waals surface area contributed by atoms with E-state index >= 15 is 0 Å². The number of aromatic nitrogens is 5. The molecule has 0 aliphatic heterocycles. The highest BCUT2D eigenvalue weighted by atomic mass is 16.3. The number of benzene rings is 9. The van der Waals surface area contributed by atoms with Crippen molar-refractivity contribution in [2.24, 2.45) is 0 Å². The fraction of sp³-hybridized carbons (Fsp3) is 0. The fourth-order valence-corrected chi connectivity index (χ4v) is 9.50. The van der Waals surface area contributed by atoms with Crippen LogP contribution in [0.3, 0.4) is 0 Å². The van der Waals surface area contributed by atoms with Gasteiger partial charge in [0.2, 0.25) is 5.95 Å². The van der Waals surface area contributed by atoms with E-state index in [0.29, 0.717) is 17.6 Å². The second-order valence-corrected chi connectivity index (χ2v) is 16.0. The molecule has 63 heavy (non-hydrogen) atoms. The van der Waals surface area contributed by atoms with Gasteiger partial charge in [-0.1, -0.05) is 170 Å². The summed E-state index contributed by atoms with van der Waals surface area (Å²) in [5.41, 5.74) is 13.1. The highest BCUT2D eigenvalue weighted by molar-refractivity contribution is 6.23. The van der Waals surface area contributed by atoms with Crippen molar-refractivity contribution in [3.8, 4) is 56.7 Å². The van der Waals surface area contributed by atoms with Crippen LogP contribution in [-0.2, 0) is 0 Å². The van der Waals surface area contributed by atoms with Gasteiger partial charge in [0.1, 0.15) is 11.2 Å². The van der Waals surface area contributed by atoms with Gasteiger partial charge in [0.05, 0.1) is 27.6 Å². The van der Waals surface area contributed by atoms with Gasteiger partial charge in [-0.05, 0) is 64.7 Å². The Morgan fingerprint density at radius 2 is 0.841 bits per heavy atom. The number of hydrogen-bond donors (Lipinski definition) is 0. The lowest BCUT2D eigenvalue weighted by atomic mass is 10.0. The molecule has 0 radical (unpaired) electrons. The van der Waals surface area contributed by atoms with E-state index < -0.39 is 0 Å². The van der Waals surface area contributed by atoms with Gasteiger partial charge in [-0.3, -0.25) is 4.57 Å². The van der Waals surface area contributed by atoms with Gasteiger partial charge in [0.15, 0.2) is 11.6 Å². The van der Waals surface area contributed by atoms with Crippen LogP contribution in [0, 0.1) is 0 Å². The van der Waals surface area contributed by atoms with Crippen LogP contribution in [0.5, 0.6) is 0 Å². The van der Waals surface area contributed by atoms with Crippen molar-refractivity contribution in [3.63, 3.8) is 0 Å². The van der Waals surface area contributed by atoms with Crippen LogP contribution in [0.2, 0.25) is 0 Å². The molecule has 294 valence electrons. The lowest BCUT2D eigenvalue weighted by Gasteiger charge is -2.13. The molecule has 6 nitrogen and oxygen atoms in total. The van der Waals surface area contributed by atoms with E-state index in [0.717, 1.165) is 88.1 Å². The van der Waals surface area contributed by atoms with Gasteiger partial charge < -0.3 is 8.98 Å². The van der Waals surface area contributed by atoms with Crippen molar-refractivity contribution in [2.45, 2.75) is 0 Å². The molecule has 4 heterocycles. The molecule has 0 bridgehead atoms. The van der Waals surface area contributed by atoms with Crippen molar-refractivity contribution < 1.29 is 4.42 Å². The number of rotatable bonds is 6. The first-order valence-corrected chi connectivity index (χ1v) is 21.2. The third kappa shape index (κ3) is 5.55. The van der Waals surface area contributed by atoms with Gasteiger partial charge >= 0.3 is 0 Å². The van der Waals surface area contributed by atoms with Crippen molar-refractivity contribution in [2.75, 3.05) is 0 Å². The van der Waals surface area contributed by atoms with Crippen LogP contribution in [0.4, 0.5) is 0 Å². The van der Waals surface area contributed by atoms with Crippen LogP contribution < -0.4 is 0 Å². The Labute approximate surface area is 361 Å². The average molecular weight is 806 g/mol. The minimum absolute atomic E-state index is 0.522. The Morgan fingerprint density at radius 3 is 1.52 bits per heavy atom. The molecule has 13 rings (SSSR count). The molecule has 0 spiro atoms. The quantitative estimate of drug-likeness (QED) is 0.168. The van der Waals surface area contributed by atoms with E-state index in [4.69, 9.17) is 19.4 Å². The van der Waals surface area contributed by atoms with E-state index in [9.17, 15) is 0 Å². The van der Waals surface area contributed by atoms with Crippen molar-refractivity contribution >= 4 is 65.6 Å². The summed E-state index contributed by atoms with van der Waals surface area (Å²) in [6.45, 7) is 0. The monoisotopic (exact) mass is 805 g/mol. The summed E-state index contributed by atoms with van der Waals surface area (Å²) in [6.07, 6.45) is 0. The third-order valence-corrected chi connectivity index (χ3v) is 12.4. The van der Waals surface area contributed by atoms with Crippen LogP contribution in [0.25, 0.3) is 122 Å². The molecular weight excluding hydrogens is 771 g/mol. The Morgan fingerprint density at radius 1 is 0.333 bits per heavy atom. The normalized spacial score (nSPS) is 11.8. The first-order chi connectivity index (χ1) is 31.2. The molecule has 0 atom stereocenters. The Bertz CT molecular complexity index is 3890. The van der Waals surface area contributed by atoms with E-state index in [1.54, 1.807) is 0 Å². The predicted octanol–water partition coefficient (Wildman–Crippen LogP) is 14.6. The van der Waals surface area contributed by atoms with Gasteiger partial charge in [-0.25, -0.2) is 4.98 Å². The van der Waals surface area contributed by atoms with Gasteiger partial charge in [-0.15, -0.1) is 0 Å². The second-order valence-electron chi connectivity index (χ2n) is 16.0. The summed E-state index contributed by atoms with van der Waals surface area (Å²) in [7, 11) is 0. The molecule has 4 aromatic heterocycles. The fourth-order valence-electron chi connectivity index (χ4n) is 9.50. The van der Waals surface area contributed by atoms with Gasteiger partial charge in [0.25, 0.3) is 0 Å². The molecule has 0 saturated carbocycles. The number of para-hydroxylation sites is 3. The largest absolute Gasteiger partial charge is 0.455 e. The summed E-state index contributed by atoms with van der Waals surface area (Å²) in [6, 6.07) is 74.4.